The van der Waals surface area contributed by atoms with Gasteiger partial charge in [0.1, 0.15) is 0 Å². The predicted molar refractivity (Wildman–Crippen MR) is 76.7 cm³/mol. The predicted octanol–water partition coefficient (Wildman–Crippen LogP) is 1.29. The maximum Gasteiger partial charge on any atom is 0.221 e. The van der Waals surface area contributed by atoms with E-state index >= 15 is 0 Å². The highest BCUT2D eigenvalue weighted by molar-refractivity contribution is 5.76. The topological polar surface area (TPSA) is 58.4 Å². The van der Waals surface area contributed by atoms with Crippen molar-refractivity contribution in [2.75, 3.05) is 26.2 Å². The second-order valence-electron chi connectivity index (χ2n) is 5.08. The van der Waals surface area contributed by atoms with E-state index in [1.54, 1.807) is 0 Å². The van der Waals surface area contributed by atoms with Crippen molar-refractivity contribution < 1.29 is 4.79 Å². The van der Waals surface area contributed by atoms with Gasteiger partial charge in [0, 0.05) is 19.5 Å². The zero-order valence-electron chi connectivity index (χ0n) is 11.3. The fraction of sp³-hybridized carbons (Fsp3) is 0.533. The number of hydrogen-bond donors (Lipinski definition) is 2. The Labute approximate surface area is 115 Å². The van der Waals surface area contributed by atoms with E-state index in [9.17, 15) is 4.79 Å². The summed E-state index contributed by atoms with van der Waals surface area (Å²) in [6, 6.07) is 10.2. The number of amides is 1. The summed E-state index contributed by atoms with van der Waals surface area (Å²) in [6.07, 6.45) is 2.92. The quantitative estimate of drug-likeness (QED) is 0.811. The molecular formula is C15H23N3O. The molecule has 1 aliphatic heterocycles. The average Bonchev–Trinajstić information content (AvgIpc) is 2.92. The van der Waals surface area contributed by atoms with Crippen molar-refractivity contribution in [1.29, 1.82) is 0 Å². The van der Waals surface area contributed by atoms with Gasteiger partial charge < -0.3 is 16.0 Å². The third-order valence-electron chi connectivity index (χ3n) is 3.55. The van der Waals surface area contributed by atoms with E-state index < -0.39 is 0 Å². The molecule has 1 aromatic rings. The van der Waals surface area contributed by atoms with Crippen molar-refractivity contribution in [2.45, 2.75) is 25.3 Å². The Morgan fingerprint density at radius 1 is 1.26 bits per heavy atom. The van der Waals surface area contributed by atoms with Crippen molar-refractivity contribution in [1.82, 2.24) is 10.2 Å². The summed E-state index contributed by atoms with van der Waals surface area (Å²) in [5.74, 6) is 0.0375. The van der Waals surface area contributed by atoms with Gasteiger partial charge in [0.25, 0.3) is 0 Å². The van der Waals surface area contributed by atoms with Crippen LogP contribution in [-0.4, -0.2) is 37.0 Å². The minimum Gasteiger partial charge on any atom is -0.348 e. The molecule has 0 spiro atoms. The summed E-state index contributed by atoms with van der Waals surface area (Å²) in [4.78, 5) is 14.2. The Balaban J connectivity index is 2.01. The van der Waals surface area contributed by atoms with Crippen molar-refractivity contribution >= 4 is 5.91 Å². The average molecular weight is 261 g/mol. The van der Waals surface area contributed by atoms with Gasteiger partial charge in [-0.15, -0.1) is 0 Å². The molecule has 4 heteroatoms. The third kappa shape index (κ3) is 4.33. The van der Waals surface area contributed by atoms with Gasteiger partial charge >= 0.3 is 0 Å². The molecule has 1 saturated heterocycles. The molecule has 1 aliphatic rings. The number of rotatable bonds is 6. The molecule has 0 aliphatic carbocycles. The van der Waals surface area contributed by atoms with E-state index in [-0.39, 0.29) is 11.9 Å². The molecule has 1 atom stereocenters. The first kappa shape index (κ1) is 14.0. The normalized spacial score (nSPS) is 17.3. The summed E-state index contributed by atoms with van der Waals surface area (Å²) in [6.45, 7) is 3.56. The molecule has 0 radical (unpaired) electrons. The summed E-state index contributed by atoms with van der Waals surface area (Å²) in [5, 5.41) is 3.10. The summed E-state index contributed by atoms with van der Waals surface area (Å²) in [7, 11) is 0. The molecule has 4 nitrogen and oxygen atoms in total. The van der Waals surface area contributed by atoms with Gasteiger partial charge in [-0.05, 0) is 31.5 Å². The molecule has 1 amide bonds. The fourth-order valence-electron chi connectivity index (χ4n) is 2.54. The van der Waals surface area contributed by atoms with Gasteiger partial charge in [-0.3, -0.25) is 4.79 Å². The van der Waals surface area contributed by atoms with E-state index in [0.29, 0.717) is 13.0 Å². The zero-order valence-corrected chi connectivity index (χ0v) is 11.3. The number of hydrogen-bond acceptors (Lipinski definition) is 3. The second kappa shape index (κ2) is 7.26. The van der Waals surface area contributed by atoms with Crippen LogP contribution in [0.25, 0.3) is 0 Å². The first-order valence-electron chi connectivity index (χ1n) is 7.06. The SMILES string of the molecule is NCCC(=O)NC(CN1CCCC1)c1ccccc1. The Morgan fingerprint density at radius 2 is 1.95 bits per heavy atom. The summed E-state index contributed by atoms with van der Waals surface area (Å²) >= 11 is 0. The van der Waals surface area contributed by atoms with Crippen LogP contribution < -0.4 is 11.1 Å². The molecule has 3 N–H and O–H groups in total. The molecule has 104 valence electrons. The van der Waals surface area contributed by atoms with Crippen LogP contribution in [0.1, 0.15) is 30.9 Å². The molecule has 0 bridgehead atoms. The van der Waals surface area contributed by atoms with Crippen molar-refractivity contribution in [3.8, 4) is 0 Å². The van der Waals surface area contributed by atoms with Crippen LogP contribution in [0.4, 0.5) is 0 Å². The lowest BCUT2D eigenvalue weighted by molar-refractivity contribution is -0.121. The monoisotopic (exact) mass is 261 g/mol. The molecule has 19 heavy (non-hydrogen) atoms. The van der Waals surface area contributed by atoms with Crippen LogP contribution in [0.3, 0.4) is 0 Å². The minimum absolute atomic E-state index is 0.0375. The van der Waals surface area contributed by atoms with E-state index in [4.69, 9.17) is 5.73 Å². The van der Waals surface area contributed by atoms with Gasteiger partial charge in [-0.25, -0.2) is 0 Å². The van der Waals surface area contributed by atoms with Gasteiger partial charge in [-0.2, -0.15) is 0 Å². The zero-order chi connectivity index (χ0) is 13.5. The Bertz CT molecular complexity index is 388. The maximum absolute atomic E-state index is 11.8. The standard InChI is InChI=1S/C15H23N3O/c16-9-8-15(19)17-14(12-18-10-4-5-11-18)13-6-2-1-3-7-13/h1-3,6-7,14H,4-5,8-12,16H2,(H,17,19). The van der Waals surface area contributed by atoms with E-state index in [1.165, 1.54) is 18.4 Å². The molecule has 1 fully saturated rings. The lowest BCUT2D eigenvalue weighted by atomic mass is 10.1. The van der Waals surface area contributed by atoms with Gasteiger partial charge in [0.05, 0.1) is 6.04 Å². The van der Waals surface area contributed by atoms with Crippen LogP contribution in [0.2, 0.25) is 0 Å². The Hall–Kier alpha value is -1.39. The molecule has 1 aromatic carbocycles. The number of carbonyl (C=O) groups excluding carboxylic acids is 1. The van der Waals surface area contributed by atoms with Gasteiger partial charge in [-0.1, -0.05) is 30.3 Å². The molecule has 1 unspecified atom stereocenters. The number of nitrogens with zero attached hydrogens (tertiary/aromatic N) is 1. The Morgan fingerprint density at radius 3 is 2.58 bits per heavy atom. The van der Waals surface area contributed by atoms with Gasteiger partial charge in [0.2, 0.25) is 5.91 Å². The smallest absolute Gasteiger partial charge is 0.221 e. The number of nitrogens with one attached hydrogen (secondary N) is 1. The first-order chi connectivity index (χ1) is 9.29. The molecule has 0 aromatic heterocycles. The number of nitrogens with two attached hydrogens (primary N) is 1. The van der Waals surface area contributed by atoms with Gasteiger partial charge in [0.15, 0.2) is 0 Å². The lowest BCUT2D eigenvalue weighted by Gasteiger charge is -2.25. The van der Waals surface area contributed by atoms with Crippen LogP contribution >= 0.6 is 0 Å². The highest BCUT2D eigenvalue weighted by Crippen LogP contribution is 2.17. The minimum atomic E-state index is 0.0375. The van der Waals surface area contributed by atoms with E-state index in [0.717, 1.165) is 19.6 Å². The van der Waals surface area contributed by atoms with Crippen molar-refractivity contribution in [2.24, 2.45) is 5.73 Å². The number of carbonyl (C=O) groups is 1. The van der Waals surface area contributed by atoms with E-state index in [1.807, 2.05) is 18.2 Å². The highest BCUT2D eigenvalue weighted by Gasteiger charge is 2.20. The molecule has 0 saturated carbocycles. The van der Waals surface area contributed by atoms with Crippen LogP contribution in [0.5, 0.6) is 0 Å². The largest absolute Gasteiger partial charge is 0.348 e. The van der Waals surface area contributed by atoms with Crippen molar-refractivity contribution in [3.05, 3.63) is 35.9 Å². The number of benzene rings is 1. The molecule has 1 heterocycles. The fourth-order valence-corrected chi connectivity index (χ4v) is 2.54. The first-order valence-corrected chi connectivity index (χ1v) is 7.06. The third-order valence-corrected chi connectivity index (χ3v) is 3.55. The second-order valence-corrected chi connectivity index (χ2v) is 5.08. The Kier molecular flexibility index (Phi) is 5.36. The molecule has 2 rings (SSSR count). The summed E-state index contributed by atoms with van der Waals surface area (Å²) in [5.41, 5.74) is 6.60. The lowest BCUT2D eigenvalue weighted by Crippen LogP contribution is -2.37. The van der Waals surface area contributed by atoms with Crippen LogP contribution in [0.15, 0.2) is 30.3 Å². The maximum atomic E-state index is 11.8. The highest BCUT2D eigenvalue weighted by atomic mass is 16.1. The van der Waals surface area contributed by atoms with Crippen LogP contribution in [-0.2, 0) is 4.79 Å². The number of likely N-dealkylation sites (tertiary alicyclic amines) is 1. The van der Waals surface area contributed by atoms with E-state index in [2.05, 4.69) is 22.3 Å². The van der Waals surface area contributed by atoms with Crippen molar-refractivity contribution in [3.63, 3.8) is 0 Å². The summed E-state index contributed by atoms with van der Waals surface area (Å²) < 4.78 is 0. The van der Waals surface area contributed by atoms with Crippen LogP contribution in [0, 0.1) is 0 Å². The molecular weight excluding hydrogens is 238 g/mol.